The van der Waals surface area contributed by atoms with Gasteiger partial charge in [0.1, 0.15) is 7.11 Å². The zero-order chi connectivity index (χ0) is 25.5. The maximum Gasteiger partial charge on any atom is 0.360 e. The lowest BCUT2D eigenvalue weighted by Crippen LogP contribution is -2.58. The molecule has 4 unspecified atom stereocenters. The largest absolute Gasteiger partial charge is 0.476 e. The van der Waals surface area contributed by atoms with Gasteiger partial charge in [0.2, 0.25) is 5.71 Å². The summed E-state index contributed by atoms with van der Waals surface area (Å²) in [6.45, 7) is 0. The van der Waals surface area contributed by atoms with Crippen LogP contribution in [-0.4, -0.2) is 56.5 Å². The third kappa shape index (κ3) is 4.58. The Hall–Kier alpha value is -2.74. The molecule has 2 saturated heterocycles. The van der Waals surface area contributed by atoms with Crippen molar-refractivity contribution in [1.29, 1.82) is 0 Å². The quantitative estimate of drug-likeness (QED) is 0.464. The second-order valence-corrected chi connectivity index (χ2v) is 11.7. The first kappa shape index (κ1) is 24.6. The minimum Gasteiger partial charge on any atom is -0.476 e. The number of carboxylic acid groups (broad SMARTS) is 1. The summed E-state index contributed by atoms with van der Waals surface area (Å²) in [5, 5.41) is 13.4. The predicted molar refractivity (Wildman–Crippen MR) is 142 cm³/mol. The number of carboxylic acids is 1. The number of fused-ring (bicyclic) bond motifs is 5. The summed E-state index contributed by atoms with van der Waals surface area (Å²) >= 11 is 0. The lowest BCUT2D eigenvalue weighted by atomic mass is 9.73. The molecule has 37 heavy (non-hydrogen) atoms. The average molecular weight is 507 g/mol. The van der Waals surface area contributed by atoms with Crippen LogP contribution in [0.2, 0.25) is 0 Å². The highest BCUT2D eigenvalue weighted by Gasteiger charge is 2.45. The van der Waals surface area contributed by atoms with Crippen molar-refractivity contribution in [2.45, 2.75) is 101 Å². The predicted octanol–water partition coefficient (Wildman–Crippen LogP) is 4.75. The molecule has 0 amide bonds. The molecular formula is C29H38N4O4. The van der Waals surface area contributed by atoms with Gasteiger partial charge in [-0.15, -0.1) is 0 Å². The first-order valence-electron chi connectivity index (χ1n) is 14.2. The number of rotatable bonds is 5. The Labute approximate surface area is 217 Å². The van der Waals surface area contributed by atoms with Crippen molar-refractivity contribution in [2.24, 2.45) is 17.0 Å². The Morgan fingerprint density at radius 1 is 0.919 bits per heavy atom. The maximum absolute atomic E-state index is 13.9. The summed E-state index contributed by atoms with van der Waals surface area (Å²) in [6, 6.07) is 9.16. The van der Waals surface area contributed by atoms with Gasteiger partial charge in [-0.1, -0.05) is 49.4 Å². The van der Waals surface area contributed by atoms with Crippen LogP contribution in [0.4, 0.5) is 0 Å². The van der Waals surface area contributed by atoms with Crippen LogP contribution in [-0.2, 0) is 9.63 Å². The number of nitrogens with zero attached hydrogens (tertiary/aromatic N) is 4. The van der Waals surface area contributed by atoms with E-state index in [-0.39, 0.29) is 11.7 Å². The molecule has 1 aromatic carbocycles. The van der Waals surface area contributed by atoms with E-state index in [4.69, 9.17) is 4.84 Å². The zero-order valence-electron chi connectivity index (χ0n) is 21.7. The Morgan fingerprint density at radius 3 is 2.24 bits per heavy atom. The molecule has 4 bridgehead atoms. The van der Waals surface area contributed by atoms with Gasteiger partial charge in [0.15, 0.2) is 5.69 Å². The Bertz CT molecular complexity index is 1230. The van der Waals surface area contributed by atoms with Crippen molar-refractivity contribution in [3.63, 3.8) is 0 Å². The monoisotopic (exact) mass is 506 g/mol. The van der Waals surface area contributed by atoms with Crippen LogP contribution in [0.25, 0.3) is 11.0 Å². The minimum absolute atomic E-state index is 0.00848. The molecule has 6 rings (SSSR count). The van der Waals surface area contributed by atoms with Gasteiger partial charge in [0.05, 0.1) is 11.0 Å². The third-order valence-electron chi connectivity index (χ3n) is 9.55. The van der Waals surface area contributed by atoms with E-state index in [0.29, 0.717) is 23.6 Å². The van der Waals surface area contributed by atoms with E-state index in [1.165, 1.54) is 71.3 Å². The summed E-state index contributed by atoms with van der Waals surface area (Å²) in [7, 11) is 1.28. The van der Waals surface area contributed by atoms with Crippen LogP contribution in [0, 0.1) is 11.8 Å². The molecule has 1 N–H and O–H groups in total. The number of hydrogen-bond acceptors (Lipinski definition) is 6. The van der Waals surface area contributed by atoms with Crippen LogP contribution in [0.5, 0.6) is 0 Å². The summed E-state index contributed by atoms with van der Waals surface area (Å²) in [6.07, 6.45) is 15.1. The minimum atomic E-state index is -1.32. The lowest BCUT2D eigenvalue weighted by Gasteiger charge is -2.54. The smallest absolute Gasteiger partial charge is 0.360 e. The molecule has 198 valence electrons. The fourth-order valence-electron chi connectivity index (χ4n) is 8.25. The van der Waals surface area contributed by atoms with Gasteiger partial charge in [-0.3, -0.25) is 9.69 Å². The Kier molecular flexibility index (Phi) is 6.78. The Morgan fingerprint density at radius 2 is 1.59 bits per heavy atom. The molecule has 2 aliphatic carbocycles. The van der Waals surface area contributed by atoms with Crippen LogP contribution >= 0.6 is 0 Å². The van der Waals surface area contributed by atoms with E-state index in [1.807, 2.05) is 28.8 Å². The molecule has 1 aromatic heterocycles. The number of para-hydroxylation sites is 2. The van der Waals surface area contributed by atoms with E-state index < -0.39 is 17.2 Å². The van der Waals surface area contributed by atoms with Gasteiger partial charge in [-0.25, -0.2) is 9.78 Å². The highest BCUT2D eigenvalue weighted by Crippen LogP contribution is 2.46. The van der Waals surface area contributed by atoms with Crippen LogP contribution in [0.1, 0.15) is 88.8 Å². The second kappa shape index (κ2) is 10.2. The van der Waals surface area contributed by atoms with E-state index >= 15 is 0 Å². The second-order valence-electron chi connectivity index (χ2n) is 11.7. The van der Waals surface area contributed by atoms with Crippen molar-refractivity contribution >= 4 is 22.7 Å². The van der Waals surface area contributed by atoms with E-state index in [2.05, 4.69) is 15.0 Å². The standard InChI is InChI=1S/C29H38N4O4/c1-37-31-27(29(35)36)26-28(34)33(25-12-5-4-11-24(25)30-26)23-16-20-9-6-10-21(17-23)32(20)22-14-18-7-2-3-8-19(13-18)15-22/h4-5,11-12,18-23H,2-3,6-10,13-17H2,1H3,(H,35,36)/b31-27-. The fourth-order valence-corrected chi connectivity index (χ4v) is 8.25. The van der Waals surface area contributed by atoms with Gasteiger partial charge in [0, 0.05) is 24.2 Å². The average Bonchev–Trinajstić information content (AvgIpc) is 3.05. The van der Waals surface area contributed by atoms with Gasteiger partial charge < -0.3 is 14.5 Å². The molecule has 4 fully saturated rings. The van der Waals surface area contributed by atoms with Crippen LogP contribution in [0.15, 0.2) is 34.2 Å². The number of carbonyl (C=O) groups is 1. The number of piperidine rings is 2. The fraction of sp³-hybridized carbons (Fsp3) is 0.655. The Balaban J connectivity index is 1.36. The molecule has 0 radical (unpaired) electrons. The van der Waals surface area contributed by atoms with E-state index in [9.17, 15) is 14.7 Å². The van der Waals surface area contributed by atoms with Gasteiger partial charge >= 0.3 is 5.97 Å². The van der Waals surface area contributed by atoms with Crippen molar-refractivity contribution in [3.8, 4) is 0 Å². The first-order valence-corrected chi connectivity index (χ1v) is 14.2. The molecule has 4 atom stereocenters. The van der Waals surface area contributed by atoms with Crippen molar-refractivity contribution in [2.75, 3.05) is 7.11 Å². The maximum atomic E-state index is 13.9. The number of oxime groups is 1. The molecule has 8 nitrogen and oxygen atoms in total. The highest BCUT2D eigenvalue weighted by molar-refractivity contribution is 6.41. The van der Waals surface area contributed by atoms with Crippen LogP contribution < -0.4 is 5.56 Å². The molecular weight excluding hydrogens is 468 g/mol. The third-order valence-corrected chi connectivity index (χ3v) is 9.55. The summed E-state index contributed by atoms with van der Waals surface area (Å²) in [4.78, 5) is 37.9. The molecule has 2 saturated carbocycles. The summed E-state index contributed by atoms with van der Waals surface area (Å²) < 4.78 is 1.83. The molecule has 4 aliphatic rings. The number of benzene rings is 1. The summed E-state index contributed by atoms with van der Waals surface area (Å²) in [5.41, 5.74) is 0.369. The normalized spacial score (nSPS) is 32.6. The molecule has 0 spiro atoms. The number of aromatic nitrogens is 2. The molecule has 2 aliphatic heterocycles. The van der Waals surface area contributed by atoms with Crippen molar-refractivity contribution < 1.29 is 14.7 Å². The van der Waals surface area contributed by atoms with Crippen molar-refractivity contribution in [1.82, 2.24) is 14.5 Å². The number of aliphatic carboxylic acids is 1. The zero-order valence-corrected chi connectivity index (χ0v) is 21.7. The van der Waals surface area contributed by atoms with Gasteiger partial charge in [-0.2, -0.15) is 0 Å². The van der Waals surface area contributed by atoms with E-state index in [1.54, 1.807) is 0 Å². The highest BCUT2D eigenvalue weighted by atomic mass is 16.6. The van der Waals surface area contributed by atoms with Gasteiger partial charge in [0.25, 0.3) is 5.56 Å². The molecule has 8 heteroatoms. The lowest BCUT2D eigenvalue weighted by molar-refractivity contribution is -0.129. The van der Waals surface area contributed by atoms with Gasteiger partial charge in [-0.05, 0) is 68.9 Å². The van der Waals surface area contributed by atoms with E-state index in [0.717, 1.165) is 30.2 Å². The van der Waals surface area contributed by atoms with Crippen molar-refractivity contribution in [3.05, 3.63) is 40.3 Å². The first-order chi connectivity index (χ1) is 18.0. The van der Waals surface area contributed by atoms with Crippen LogP contribution in [0.3, 0.4) is 0 Å². The SMILES string of the molecule is CO/N=C(\C(=O)O)c1nc2ccccc2n(C2CC3CCCC(C2)N3C2CC3CCCCC(C3)C2)c1=O. The number of hydrogen-bond donors (Lipinski definition) is 1. The summed E-state index contributed by atoms with van der Waals surface area (Å²) in [5.74, 6) is 0.445. The molecule has 2 aromatic rings. The topological polar surface area (TPSA) is 97.0 Å². The molecule has 3 heterocycles.